The number of amides is 1. The third-order valence-electron chi connectivity index (χ3n) is 5.59. The maximum atomic E-state index is 13.7. The van der Waals surface area contributed by atoms with Crippen molar-refractivity contribution in [2.24, 2.45) is 0 Å². The van der Waals surface area contributed by atoms with Crippen LogP contribution in [-0.4, -0.2) is 68.6 Å². The van der Waals surface area contributed by atoms with E-state index in [9.17, 15) is 9.18 Å². The van der Waals surface area contributed by atoms with Crippen LogP contribution in [0.25, 0.3) is 16.9 Å². The van der Waals surface area contributed by atoms with Crippen molar-refractivity contribution < 1.29 is 13.9 Å². The van der Waals surface area contributed by atoms with Crippen LogP contribution >= 0.6 is 0 Å². The van der Waals surface area contributed by atoms with Crippen LogP contribution < -0.4 is 9.64 Å². The van der Waals surface area contributed by atoms with E-state index >= 15 is 0 Å². The van der Waals surface area contributed by atoms with E-state index in [0.717, 1.165) is 5.56 Å². The zero-order valence-corrected chi connectivity index (χ0v) is 18.1. The first-order valence-electron chi connectivity index (χ1n) is 10.6. The van der Waals surface area contributed by atoms with Crippen LogP contribution in [0.5, 0.6) is 5.75 Å². The Bertz CT molecular complexity index is 1280. The molecule has 1 aliphatic rings. The van der Waals surface area contributed by atoms with Gasteiger partial charge >= 0.3 is 0 Å². The second kappa shape index (κ2) is 8.81. The molecule has 0 radical (unpaired) electrons. The molecule has 5 rings (SSSR count). The van der Waals surface area contributed by atoms with Gasteiger partial charge in [-0.2, -0.15) is 4.68 Å². The number of aryl methyl sites for hydroxylation is 1. The molecule has 0 bridgehead atoms. The van der Waals surface area contributed by atoms with Crippen molar-refractivity contribution in [2.45, 2.75) is 6.92 Å². The molecule has 1 saturated heterocycles. The molecule has 2 aromatic heterocycles. The van der Waals surface area contributed by atoms with Crippen LogP contribution in [0.4, 0.5) is 10.2 Å². The number of ether oxygens (including phenoxy) is 1. The summed E-state index contributed by atoms with van der Waals surface area (Å²) in [5.74, 6) is 0.903. The zero-order chi connectivity index (χ0) is 22.8. The summed E-state index contributed by atoms with van der Waals surface area (Å²) in [6, 6.07) is 13.7. The summed E-state index contributed by atoms with van der Waals surface area (Å²) >= 11 is 0. The molecule has 4 aromatic rings. The summed E-state index contributed by atoms with van der Waals surface area (Å²) in [7, 11) is 0. The van der Waals surface area contributed by atoms with Gasteiger partial charge in [0.1, 0.15) is 17.9 Å². The van der Waals surface area contributed by atoms with E-state index in [0.29, 0.717) is 54.6 Å². The van der Waals surface area contributed by atoms with Crippen molar-refractivity contribution in [1.29, 1.82) is 0 Å². The highest BCUT2D eigenvalue weighted by Crippen LogP contribution is 2.24. The van der Waals surface area contributed by atoms with Gasteiger partial charge in [0.2, 0.25) is 0 Å². The van der Waals surface area contributed by atoms with Gasteiger partial charge < -0.3 is 14.5 Å². The second-order valence-corrected chi connectivity index (χ2v) is 7.82. The molecule has 1 amide bonds. The minimum atomic E-state index is -0.363. The number of nitrogens with zero attached hydrogens (tertiary/aromatic N) is 7. The fraction of sp³-hybridized carbons (Fsp3) is 0.261. The topological polar surface area (TPSA) is 89.3 Å². The maximum absolute atomic E-state index is 13.7. The fourth-order valence-electron chi connectivity index (χ4n) is 3.79. The first-order chi connectivity index (χ1) is 16.1. The minimum Gasteiger partial charge on any atom is -0.484 e. The Kier molecular flexibility index (Phi) is 5.55. The Morgan fingerprint density at radius 2 is 1.85 bits per heavy atom. The maximum Gasteiger partial charge on any atom is 0.260 e. The van der Waals surface area contributed by atoms with E-state index in [4.69, 9.17) is 4.74 Å². The number of rotatable bonds is 5. The van der Waals surface area contributed by atoms with E-state index in [2.05, 4.69) is 25.2 Å². The SMILES string of the molecule is Cc1ccc(OCC(=O)N2CCN(c3ncnc4c3nnn4-c3cccc(F)c3)CC2)cc1. The van der Waals surface area contributed by atoms with Crippen LogP contribution in [0.3, 0.4) is 0 Å². The molecule has 0 aliphatic carbocycles. The Balaban J connectivity index is 1.26. The van der Waals surface area contributed by atoms with Gasteiger partial charge in [0.05, 0.1) is 5.69 Å². The fourth-order valence-corrected chi connectivity index (χ4v) is 3.79. The highest BCUT2D eigenvalue weighted by Gasteiger charge is 2.25. The number of fused-ring (bicyclic) bond motifs is 1. The van der Waals surface area contributed by atoms with Gasteiger partial charge in [-0.05, 0) is 37.3 Å². The molecule has 168 valence electrons. The Morgan fingerprint density at radius 1 is 1.06 bits per heavy atom. The molecule has 2 aromatic carbocycles. The van der Waals surface area contributed by atoms with Gasteiger partial charge in [-0.1, -0.05) is 29.0 Å². The monoisotopic (exact) mass is 447 g/mol. The van der Waals surface area contributed by atoms with Gasteiger partial charge in [-0.15, -0.1) is 5.10 Å². The molecule has 1 aliphatic heterocycles. The predicted molar refractivity (Wildman–Crippen MR) is 120 cm³/mol. The van der Waals surface area contributed by atoms with Gasteiger partial charge in [0.25, 0.3) is 5.91 Å². The molecule has 3 heterocycles. The van der Waals surface area contributed by atoms with Crippen LogP contribution in [0.15, 0.2) is 54.9 Å². The van der Waals surface area contributed by atoms with Crippen molar-refractivity contribution in [3.8, 4) is 11.4 Å². The summed E-state index contributed by atoms with van der Waals surface area (Å²) in [5.41, 5.74) is 2.70. The Morgan fingerprint density at radius 3 is 2.61 bits per heavy atom. The normalized spacial score (nSPS) is 14.0. The van der Waals surface area contributed by atoms with E-state index in [-0.39, 0.29) is 18.3 Å². The average molecular weight is 447 g/mol. The number of aromatic nitrogens is 5. The smallest absolute Gasteiger partial charge is 0.260 e. The number of carbonyl (C=O) groups excluding carboxylic acids is 1. The van der Waals surface area contributed by atoms with Crippen molar-refractivity contribution in [2.75, 3.05) is 37.7 Å². The highest BCUT2D eigenvalue weighted by molar-refractivity contribution is 5.84. The third-order valence-corrected chi connectivity index (χ3v) is 5.59. The van der Waals surface area contributed by atoms with Crippen molar-refractivity contribution in [1.82, 2.24) is 29.9 Å². The summed E-state index contributed by atoms with van der Waals surface area (Å²) in [5, 5.41) is 8.40. The largest absolute Gasteiger partial charge is 0.484 e. The van der Waals surface area contributed by atoms with Gasteiger partial charge in [-0.3, -0.25) is 4.79 Å². The molecule has 0 saturated carbocycles. The lowest BCUT2D eigenvalue weighted by Gasteiger charge is -2.35. The molecule has 10 heteroatoms. The number of benzene rings is 2. The van der Waals surface area contributed by atoms with Crippen molar-refractivity contribution >= 4 is 22.9 Å². The number of hydrogen-bond donors (Lipinski definition) is 0. The number of anilines is 1. The van der Waals surface area contributed by atoms with E-state index in [1.807, 2.05) is 31.2 Å². The van der Waals surface area contributed by atoms with Crippen LogP contribution in [0.1, 0.15) is 5.56 Å². The van der Waals surface area contributed by atoms with Crippen molar-refractivity contribution in [3.05, 3.63) is 66.2 Å². The molecule has 1 fully saturated rings. The molecule has 0 unspecified atom stereocenters. The second-order valence-electron chi connectivity index (χ2n) is 7.82. The standard InChI is InChI=1S/C23H22FN7O2/c1-16-5-7-19(8-6-16)33-14-20(32)29-9-11-30(12-10-29)22-21-23(26-15-25-22)31(28-27-21)18-4-2-3-17(24)13-18/h2-8,13,15H,9-12,14H2,1H3. The van der Waals surface area contributed by atoms with E-state index in [1.54, 1.807) is 17.0 Å². The third kappa shape index (κ3) is 4.32. The van der Waals surface area contributed by atoms with Gasteiger partial charge in [0, 0.05) is 26.2 Å². The molecule has 9 nitrogen and oxygen atoms in total. The summed E-state index contributed by atoms with van der Waals surface area (Å²) < 4.78 is 20.8. The first-order valence-corrected chi connectivity index (χ1v) is 10.6. The average Bonchev–Trinajstić information content (AvgIpc) is 3.28. The molecule has 33 heavy (non-hydrogen) atoms. The highest BCUT2D eigenvalue weighted by atomic mass is 19.1. The van der Waals surface area contributed by atoms with Gasteiger partial charge in [0.15, 0.2) is 23.6 Å². The van der Waals surface area contributed by atoms with Crippen LogP contribution in [0, 0.1) is 12.7 Å². The number of carbonyl (C=O) groups is 1. The predicted octanol–water partition coefficient (Wildman–Crippen LogP) is 2.39. The zero-order valence-electron chi connectivity index (χ0n) is 18.1. The van der Waals surface area contributed by atoms with Crippen LogP contribution in [0.2, 0.25) is 0 Å². The minimum absolute atomic E-state index is 0.00275. The number of piperazine rings is 1. The quantitative estimate of drug-likeness (QED) is 0.464. The molecule has 0 N–H and O–H groups in total. The van der Waals surface area contributed by atoms with E-state index < -0.39 is 0 Å². The summed E-state index contributed by atoms with van der Waals surface area (Å²) in [4.78, 5) is 25.1. The molecular weight excluding hydrogens is 425 g/mol. The summed E-state index contributed by atoms with van der Waals surface area (Å²) in [6.07, 6.45) is 1.45. The van der Waals surface area contributed by atoms with Crippen LogP contribution in [-0.2, 0) is 4.79 Å². The molecular formula is C23H22FN7O2. The Labute approximate surface area is 189 Å². The molecule has 0 spiro atoms. The lowest BCUT2D eigenvalue weighted by molar-refractivity contribution is -0.133. The van der Waals surface area contributed by atoms with E-state index in [1.165, 1.54) is 23.1 Å². The Hall–Kier alpha value is -4.08. The molecule has 0 atom stereocenters. The summed E-state index contributed by atoms with van der Waals surface area (Å²) in [6.45, 7) is 4.27. The number of hydrogen-bond acceptors (Lipinski definition) is 7. The lowest BCUT2D eigenvalue weighted by atomic mass is 10.2. The van der Waals surface area contributed by atoms with Gasteiger partial charge in [-0.25, -0.2) is 14.4 Å². The first kappa shape index (κ1) is 20.8. The van der Waals surface area contributed by atoms with Crippen molar-refractivity contribution in [3.63, 3.8) is 0 Å². The number of halogens is 1. The lowest BCUT2D eigenvalue weighted by Crippen LogP contribution is -2.50.